The number of hydrogen-bond acceptors (Lipinski definition) is 7. The monoisotopic (exact) mass is 405 g/mol. The predicted octanol–water partition coefficient (Wildman–Crippen LogP) is 1.82. The Morgan fingerprint density at radius 2 is 1.76 bits per heavy atom. The van der Waals surface area contributed by atoms with Gasteiger partial charge in [0.15, 0.2) is 0 Å². The molecule has 0 bridgehead atoms. The normalized spacial score (nSPS) is 13.7. The second-order valence-electron chi connectivity index (χ2n) is 7.91. The molecule has 2 unspecified atom stereocenters. The van der Waals surface area contributed by atoms with E-state index in [0.717, 1.165) is 0 Å². The van der Waals surface area contributed by atoms with Gasteiger partial charge < -0.3 is 30.5 Å². The molecule has 2 rings (SSSR count). The summed E-state index contributed by atoms with van der Waals surface area (Å²) in [4.78, 5) is 24.0. The Morgan fingerprint density at radius 3 is 2.41 bits per heavy atom. The number of carbonyl (C=O) groups is 2. The summed E-state index contributed by atoms with van der Waals surface area (Å²) in [5, 5.41) is 43.3. The summed E-state index contributed by atoms with van der Waals surface area (Å²) < 4.78 is 5.11. The lowest BCUT2D eigenvalue weighted by Gasteiger charge is -2.21. The lowest BCUT2D eigenvalue weighted by Crippen LogP contribution is -2.35. The van der Waals surface area contributed by atoms with Crippen molar-refractivity contribution in [2.75, 3.05) is 6.54 Å². The van der Waals surface area contributed by atoms with Gasteiger partial charge in [-0.2, -0.15) is 0 Å². The molecule has 0 aliphatic carbocycles. The highest BCUT2D eigenvalue weighted by molar-refractivity contribution is 6.02. The highest BCUT2D eigenvalue weighted by atomic mass is 16.6. The van der Waals surface area contributed by atoms with Crippen molar-refractivity contribution in [3.05, 3.63) is 35.9 Å². The van der Waals surface area contributed by atoms with Crippen LogP contribution >= 0.6 is 0 Å². The maximum atomic E-state index is 12.3. The Balaban J connectivity index is 1.91. The summed E-state index contributed by atoms with van der Waals surface area (Å²) in [6.07, 6.45) is -2.61. The van der Waals surface area contributed by atoms with Gasteiger partial charge in [-0.3, -0.25) is 9.59 Å². The van der Waals surface area contributed by atoms with Crippen LogP contribution < -0.4 is 5.32 Å². The van der Waals surface area contributed by atoms with Gasteiger partial charge in [0.25, 0.3) is 5.91 Å². The number of esters is 1. The Labute approximate surface area is 168 Å². The molecule has 0 heterocycles. The smallest absolute Gasteiger partial charge is 0.308 e. The zero-order chi connectivity index (χ0) is 21.8. The number of carbonyl (C=O) groups excluding carboxylic acids is 2. The minimum atomic E-state index is -1.12. The SMILES string of the molecule is CC(C)(C)OC(=O)CC(O)CC(O)CNC(=O)c1cc2cccc(O)c2cc1O. The van der Waals surface area contributed by atoms with Crippen molar-refractivity contribution in [1.29, 1.82) is 0 Å². The topological polar surface area (TPSA) is 136 Å². The van der Waals surface area contributed by atoms with Crippen LogP contribution in [-0.2, 0) is 9.53 Å². The Bertz CT molecular complexity index is 888. The average molecular weight is 405 g/mol. The van der Waals surface area contributed by atoms with Crippen LogP contribution in [0.2, 0.25) is 0 Å². The van der Waals surface area contributed by atoms with Crippen molar-refractivity contribution in [3.63, 3.8) is 0 Å². The highest BCUT2D eigenvalue weighted by Crippen LogP contribution is 2.30. The molecule has 0 aliphatic heterocycles. The molecule has 0 spiro atoms. The number of hydrogen-bond donors (Lipinski definition) is 5. The number of phenolic OH excluding ortho intramolecular Hbond substituents is 2. The van der Waals surface area contributed by atoms with Crippen molar-refractivity contribution in [2.24, 2.45) is 0 Å². The quantitative estimate of drug-likeness (QED) is 0.443. The number of aliphatic hydroxyl groups is 2. The van der Waals surface area contributed by atoms with Crippen LogP contribution in [0.1, 0.15) is 44.0 Å². The molecular formula is C21H27NO7. The molecule has 0 aromatic heterocycles. The van der Waals surface area contributed by atoms with Crippen LogP contribution in [-0.4, -0.2) is 56.7 Å². The first-order valence-electron chi connectivity index (χ1n) is 9.27. The van der Waals surface area contributed by atoms with Gasteiger partial charge in [-0.1, -0.05) is 12.1 Å². The number of amides is 1. The number of fused-ring (bicyclic) bond motifs is 1. The Morgan fingerprint density at radius 1 is 1.07 bits per heavy atom. The van der Waals surface area contributed by atoms with Gasteiger partial charge in [-0.05, 0) is 44.4 Å². The number of benzene rings is 2. The summed E-state index contributed by atoms with van der Waals surface area (Å²) in [7, 11) is 0. The molecule has 0 aliphatic rings. The molecule has 5 N–H and O–H groups in total. The first-order chi connectivity index (χ1) is 13.5. The van der Waals surface area contributed by atoms with E-state index in [2.05, 4.69) is 5.32 Å². The molecule has 2 aromatic carbocycles. The lowest BCUT2D eigenvalue weighted by molar-refractivity contribution is -0.157. The summed E-state index contributed by atoms with van der Waals surface area (Å²) in [5.74, 6) is -1.52. The van der Waals surface area contributed by atoms with Crippen molar-refractivity contribution < 1.29 is 34.8 Å². The molecule has 2 aromatic rings. The number of phenols is 2. The van der Waals surface area contributed by atoms with Crippen LogP contribution in [0.4, 0.5) is 0 Å². The van der Waals surface area contributed by atoms with Gasteiger partial charge >= 0.3 is 5.97 Å². The van der Waals surface area contributed by atoms with Crippen molar-refractivity contribution in [2.45, 2.75) is 51.4 Å². The third kappa shape index (κ3) is 6.62. The molecule has 158 valence electrons. The largest absolute Gasteiger partial charge is 0.507 e. The van der Waals surface area contributed by atoms with E-state index in [1.54, 1.807) is 32.9 Å². The Hall–Kier alpha value is -2.84. The van der Waals surface area contributed by atoms with E-state index in [0.29, 0.717) is 10.8 Å². The van der Waals surface area contributed by atoms with Gasteiger partial charge in [-0.25, -0.2) is 0 Å². The van der Waals surface area contributed by atoms with E-state index in [4.69, 9.17) is 4.74 Å². The molecule has 0 fully saturated rings. The molecular weight excluding hydrogens is 378 g/mol. The van der Waals surface area contributed by atoms with E-state index in [-0.39, 0.29) is 36.4 Å². The fraction of sp³-hybridized carbons (Fsp3) is 0.429. The van der Waals surface area contributed by atoms with Gasteiger partial charge in [0.2, 0.25) is 0 Å². The standard InChI is InChI=1S/C21H27NO7/c1-21(2,3)29-19(27)9-13(23)8-14(24)11-22-20(28)16-7-12-5-4-6-17(25)15(12)10-18(16)26/h4-7,10,13-14,23-26H,8-9,11H2,1-3H3,(H,22,28). The third-order valence-corrected chi connectivity index (χ3v) is 4.08. The van der Waals surface area contributed by atoms with Crippen molar-refractivity contribution in [3.8, 4) is 11.5 Å². The maximum absolute atomic E-state index is 12.3. The number of aromatic hydroxyl groups is 2. The average Bonchev–Trinajstić information content (AvgIpc) is 2.58. The number of rotatable bonds is 7. The van der Waals surface area contributed by atoms with Gasteiger partial charge in [0, 0.05) is 18.4 Å². The predicted molar refractivity (Wildman–Crippen MR) is 107 cm³/mol. The first kappa shape index (κ1) is 22.4. The van der Waals surface area contributed by atoms with Crippen LogP contribution in [0.3, 0.4) is 0 Å². The van der Waals surface area contributed by atoms with Crippen molar-refractivity contribution >= 4 is 22.6 Å². The van der Waals surface area contributed by atoms with Gasteiger partial charge in [0.05, 0.1) is 24.2 Å². The molecule has 1 amide bonds. The summed E-state index contributed by atoms with van der Waals surface area (Å²) >= 11 is 0. The van der Waals surface area contributed by atoms with E-state index < -0.39 is 29.7 Å². The fourth-order valence-corrected chi connectivity index (χ4v) is 2.84. The molecule has 2 atom stereocenters. The second-order valence-corrected chi connectivity index (χ2v) is 7.91. The number of aliphatic hydroxyl groups excluding tert-OH is 2. The lowest BCUT2D eigenvalue weighted by atomic mass is 10.0. The maximum Gasteiger partial charge on any atom is 0.308 e. The Kier molecular flexibility index (Phi) is 7.05. The van der Waals surface area contributed by atoms with E-state index in [1.807, 2.05) is 0 Å². The number of ether oxygens (including phenoxy) is 1. The van der Waals surface area contributed by atoms with E-state index >= 15 is 0 Å². The zero-order valence-corrected chi connectivity index (χ0v) is 16.7. The summed E-state index contributed by atoms with van der Waals surface area (Å²) in [6, 6.07) is 7.50. The fourth-order valence-electron chi connectivity index (χ4n) is 2.84. The van der Waals surface area contributed by atoms with Crippen LogP contribution in [0.5, 0.6) is 11.5 Å². The minimum absolute atomic E-state index is 0.00963. The summed E-state index contributed by atoms with van der Waals surface area (Å²) in [5.41, 5.74) is -0.674. The van der Waals surface area contributed by atoms with Crippen molar-refractivity contribution in [1.82, 2.24) is 5.32 Å². The first-order valence-corrected chi connectivity index (χ1v) is 9.27. The van der Waals surface area contributed by atoms with Gasteiger partial charge in [-0.15, -0.1) is 0 Å². The molecule has 8 nitrogen and oxygen atoms in total. The summed E-state index contributed by atoms with van der Waals surface area (Å²) in [6.45, 7) is 4.96. The van der Waals surface area contributed by atoms with Gasteiger partial charge in [0.1, 0.15) is 17.1 Å². The van der Waals surface area contributed by atoms with Crippen LogP contribution in [0.25, 0.3) is 10.8 Å². The molecule has 0 saturated carbocycles. The van der Waals surface area contributed by atoms with Crippen LogP contribution in [0, 0.1) is 0 Å². The molecule has 29 heavy (non-hydrogen) atoms. The minimum Gasteiger partial charge on any atom is -0.507 e. The third-order valence-electron chi connectivity index (χ3n) is 4.08. The van der Waals surface area contributed by atoms with E-state index in [9.17, 15) is 30.0 Å². The zero-order valence-electron chi connectivity index (χ0n) is 16.7. The highest BCUT2D eigenvalue weighted by Gasteiger charge is 2.22. The molecule has 0 radical (unpaired) electrons. The number of nitrogens with one attached hydrogen (secondary N) is 1. The second kappa shape index (κ2) is 9.11. The van der Waals surface area contributed by atoms with Crippen LogP contribution in [0.15, 0.2) is 30.3 Å². The molecule has 8 heteroatoms. The van der Waals surface area contributed by atoms with E-state index in [1.165, 1.54) is 18.2 Å². The molecule has 0 saturated heterocycles.